The molecule has 5 aromatic rings. The lowest BCUT2D eigenvalue weighted by Crippen LogP contribution is -2.29. The Morgan fingerprint density at radius 1 is 1.18 bits per heavy atom. The van der Waals surface area contributed by atoms with E-state index in [1.807, 2.05) is 70.4 Å². The van der Waals surface area contributed by atoms with Crippen LogP contribution >= 0.6 is 11.3 Å². The van der Waals surface area contributed by atoms with Gasteiger partial charge in [0.1, 0.15) is 17.3 Å². The van der Waals surface area contributed by atoms with Crippen LogP contribution in [0, 0.1) is 0 Å². The summed E-state index contributed by atoms with van der Waals surface area (Å²) >= 11 is 1.51. The van der Waals surface area contributed by atoms with Crippen LogP contribution in [0.25, 0.3) is 38.2 Å². The number of likely N-dealkylation sites (tertiary alicyclic amines) is 1. The van der Waals surface area contributed by atoms with Crippen molar-refractivity contribution in [2.45, 2.75) is 19.3 Å². The first-order chi connectivity index (χ1) is 21.8. The Morgan fingerprint density at radius 2 is 2.02 bits per heavy atom. The minimum atomic E-state index is -0.240. The van der Waals surface area contributed by atoms with Crippen LogP contribution in [0.4, 0.5) is 11.5 Å². The molecular formula is C34H34N6O4S. The molecule has 0 atom stereocenters. The highest BCUT2D eigenvalue weighted by Crippen LogP contribution is 2.41. The van der Waals surface area contributed by atoms with Gasteiger partial charge in [0.2, 0.25) is 11.8 Å². The van der Waals surface area contributed by atoms with Crippen LogP contribution in [0.5, 0.6) is 5.75 Å². The molecule has 45 heavy (non-hydrogen) atoms. The molecule has 1 saturated heterocycles. The Kier molecular flexibility index (Phi) is 8.52. The maximum Gasteiger partial charge on any atom is 0.272 e. The smallest absolute Gasteiger partial charge is 0.272 e. The molecule has 3 amide bonds. The fourth-order valence-corrected chi connectivity index (χ4v) is 6.80. The lowest BCUT2D eigenvalue weighted by atomic mass is 10.0. The van der Waals surface area contributed by atoms with Crippen molar-refractivity contribution in [3.8, 4) is 16.9 Å². The number of nitrogens with one attached hydrogen (secondary N) is 2. The second-order valence-corrected chi connectivity index (χ2v) is 11.8. The number of nitrogens with zero attached hydrogens (tertiary/aromatic N) is 3. The van der Waals surface area contributed by atoms with Crippen molar-refractivity contribution in [1.29, 1.82) is 0 Å². The van der Waals surface area contributed by atoms with Gasteiger partial charge in [-0.1, -0.05) is 24.3 Å². The molecule has 11 heteroatoms. The monoisotopic (exact) mass is 622 g/mol. The molecule has 4 heterocycles. The van der Waals surface area contributed by atoms with Crippen LogP contribution in [0.3, 0.4) is 0 Å². The molecule has 1 aliphatic heterocycles. The largest absolute Gasteiger partial charge is 0.495 e. The van der Waals surface area contributed by atoms with Gasteiger partial charge >= 0.3 is 0 Å². The Labute approximate surface area is 264 Å². The number of nitrogens with two attached hydrogens (primary N) is 1. The predicted octanol–water partition coefficient (Wildman–Crippen LogP) is 5.44. The van der Waals surface area contributed by atoms with Gasteiger partial charge in [-0.2, -0.15) is 0 Å². The molecule has 3 aromatic heterocycles. The number of aryl methyl sites for hydroxylation is 1. The predicted molar refractivity (Wildman–Crippen MR) is 179 cm³/mol. The number of fused-ring (bicyclic) bond motifs is 2. The van der Waals surface area contributed by atoms with E-state index in [1.165, 1.54) is 17.4 Å². The number of methoxy groups -OCH3 is 1. The number of amides is 3. The number of aromatic nitrogens is 2. The number of nitrogen functional groups attached to an aromatic ring is 1. The van der Waals surface area contributed by atoms with Crippen molar-refractivity contribution in [2.75, 3.05) is 37.8 Å². The van der Waals surface area contributed by atoms with E-state index < -0.39 is 0 Å². The zero-order valence-electron chi connectivity index (χ0n) is 25.1. The number of anilines is 2. The number of benzene rings is 2. The van der Waals surface area contributed by atoms with Gasteiger partial charge in [-0.25, -0.2) is 4.98 Å². The normalized spacial score (nSPS) is 13.3. The molecule has 1 aliphatic rings. The number of pyridine rings is 1. The third kappa shape index (κ3) is 6.12. The summed E-state index contributed by atoms with van der Waals surface area (Å²) in [5.74, 6) is 0.625. The lowest BCUT2D eigenvalue weighted by Gasteiger charge is -2.14. The Balaban J connectivity index is 1.17. The topological polar surface area (TPSA) is 132 Å². The van der Waals surface area contributed by atoms with Crippen LogP contribution in [-0.2, 0) is 16.6 Å². The molecule has 4 N–H and O–H groups in total. The molecule has 0 unspecified atom stereocenters. The number of hydrogen-bond acceptors (Lipinski definition) is 7. The Morgan fingerprint density at radius 3 is 2.80 bits per heavy atom. The molecule has 10 nitrogen and oxygen atoms in total. The van der Waals surface area contributed by atoms with E-state index in [2.05, 4.69) is 15.6 Å². The molecule has 0 saturated carbocycles. The summed E-state index contributed by atoms with van der Waals surface area (Å²) in [6.07, 6.45) is 7.12. The van der Waals surface area contributed by atoms with E-state index in [-0.39, 0.29) is 17.7 Å². The average Bonchev–Trinajstić information content (AvgIpc) is 3.77. The van der Waals surface area contributed by atoms with Gasteiger partial charge in [-0.05, 0) is 54.1 Å². The minimum Gasteiger partial charge on any atom is -0.495 e. The Bertz CT molecular complexity index is 1960. The molecular weight excluding hydrogens is 588 g/mol. The van der Waals surface area contributed by atoms with Crippen molar-refractivity contribution < 1.29 is 19.1 Å². The molecule has 0 aliphatic carbocycles. The Hall–Kier alpha value is -5.16. The first-order valence-corrected chi connectivity index (χ1v) is 15.7. The average molecular weight is 623 g/mol. The molecule has 2 aromatic carbocycles. The van der Waals surface area contributed by atoms with Crippen LogP contribution in [0.2, 0.25) is 0 Å². The van der Waals surface area contributed by atoms with Gasteiger partial charge < -0.3 is 30.6 Å². The molecule has 6 rings (SSSR count). The van der Waals surface area contributed by atoms with Gasteiger partial charge in [-0.15, -0.1) is 11.3 Å². The standard InChI is InChI=1S/C34H34N6O4S/c1-39-26-8-4-3-7-22(26)17-27(39)34(43)38-25-12-10-21(18-28(25)44-2)24-20-45-32-23(19-37-33(35)31(24)32)11-13-29(41)36-14-6-16-40-15-5-9-30(40)42/h3-4,7-8,10-13,17-20H,5-6,9,14-16H2,1-2H3,(H2,35,37)(H,36,41)(H,38,43). The molecule has 230 valence electrons. The van der Waals surface area contributed by atoms with Gasteiger partial charge in [0.05, 0.1) is 12.8 Å². The summed E-state index contributed by atoms with van der Waals surface area (Å²) in [6.45, 7) is 1.95. The number of ether oxygens (including phenoxy) is 1. The summed E-state index contributed by atoms with van der Waals surface area (Å²) < 4.78 is 8.45. The number of carbonyl (C=O) groups excluding carboxylic acids is 3. The van der Waals surface area contributed by atoms with Crippen molar-refractivity contribution in [3.63, 3.8) is 0 Å². The number of hydrogen-bond donors (Lipinski definition) is 3. The lowest BCUT2D eigenvalue weighted by molar-refractivity contribution is -0.127. The fourth-order valence-electron chi connectivity index (χ4n) is 5.72. The number of thiophene rings is 1. The van der Waals surface area contributed by atoms with Crippen molar-refractivity contribution in [3.05, 3.63) is 77.4 Å². The second-order valence-electron chi connectivity index (χ2n) is 10.9. The molecule has 0 radical (unpaired) electrons. The van der Waals surface area contributed by atoms with E-state index in [9.17, 15) is 14.4 Å². The maximum atomic E-state index is 13.2. The van der Waals surface area contributed by atoms with E-state index in [0.29, 0.717) is 48.9 Å². The number of rotatable bonds is 10. The molecule has 1 fully saturated rings. The number of carbonyl (C=O) groups is 3. The van der Waals surface area contributed by atoms with E-state index in [4.69, 9.17) is 10.5 Å². The summed E-state index contributed by atoms with van der Waals surface area (Å²) in [6, 6.07) is 15.3. The van der Waals surface area contributed by atoms with E-state index in [0.717, 1.165) is 50.6 Å². The van der Waals surface area contributed by atoms with Crippen molar-refractivity contribution in [2.24, 2.45) is 7.05 Å². The highest BCUT2D eigenvalue weighted by molar-refractivity contribution is 7.18. The number of para-hydroxylation sites is 1. The second kappa shape index (κ2) is 12.8. The zero-order chi connectivity index (χ0) is 31.5. The SMILES string of the molecule is COc1cc(-c2csc3c(C=CC(=O)NCCCN4CCCC4=O)cnc(N)c23)ccc1NC(=O)c1cc2ccccc2n1C. The van der Waals surface area contributed by atoms with Gasteiger partial charge in [0.15, 0.2) is 0 Å². The third-order valence-corrected chi connectivity index (χ3v) is 9.12. The summed E-state index contributed by atoms with van der Waals surface area (Å²) in [5.41, 5.74) is 10.9. The first-order valence-electron chi connectivity index (χ1n) is 14.8. The highest BCUT2D eigenvalue weighted by Gasteiger charge is 2.20. The summed E-state index contributed by atoms with van der Waals surface area (Å²) in [7, 11) is 3.43. The van der Waals surface area contributed by atoms with Gasteiger partial charge in [0.25, 0.3) is 5.91 Å². The summed E-state index contributed by atoms with van der Waals surface area (Å²) in [5, 5.41) is 9.65. The van der Waals surface area contributed by atoms with Gasteiger partial charge in [-0.3, -0.25) is 14.4 Å². The van der Waals surface area contributed by atoms with Crippen molar-refractivity contribution >= 4 is 67.6 Å². The maximum absolute atomic E-state index is 13.2. The fraction of sp³-hybridized carbons (Fsp3) is 0.235. The quantitative estimate of drug-likeness (QED) is 0.140. The van der Waals surface area contributed by atoms with E-state index in [1.54, 1.807) is 19.4 Å². The van der Waals surface area contributed by atoms with Crippen LogP contribution in [-0.4, -0.2) is 58.9 Å². The first kappa shape index (κ1) is 29.9. The van der Waals surface area contributed by atoms with Crippen LogP contribution in [0.1, 0.15) is 35.3 Å². The van der Waals surface area contributed by atoms with E-state index >= 15 is 0 Å². The van der Waals surface area contributed by atoms with Crippen molar-refractivity contribution in [1.82, 2.24) is 19.8 Å². The van der Waals surface area contributed by atoms with Crippen LogP contribution < -0.4 is 21.1 Å². The molecule has 0 spiro atoms. The molecule has 0 bridgehead atoms. The zero-order valence-corrected chi connectivity index (χ0v) is 25.9. The van der Waals surface area contributed by atoms with Crippen LogP contribution in [0.15, 0.2) is 66.2 Å². The summed E-state index contributed by atoms with van der Waals surface area (Å²) in [4.78, 5) is 43.7. The minimum absolute atomic E-state index is 0.189. The van der Waals surface area contributed by atoms with Gasteiger partial charge in [0, 0.05) is 77.5 Å². The third-order valence-electron chi connectivity index (χ3n) is 8.09. The highest BCUT2D eigenvalue weighted by atomic mass is 32.1.